The number of nitrogens with zero attached hydrogens (tertiary/aromatic N) is 4. The molecule has 1 aliphatic rings. The van der Waals surface area contributed by atoms with Crippen molar-refractivity contribution >= 4 is 23.1 Å². The first-order chi connectivity index (χ1) is 17.4. The summed E-state index contributed by atoms with van der Waals surface area (Å²) in [4.78, 5) is 20.0. The lowest BCUT2D eigenvalue weighted by Gasteiger charge is -2.33. The highest BCUT2D eigenvalue weighted by atomic mass is 16.5. The van der Waals surface area contributed by atoms with E-state index < -0.39 is 0 Å². The summed E-state index contributed by atoms with van der Waals surface area (Å²) in [6, 6.07) is 17.9. The van der Waals surface area contributed by atoms with Gasteiger partial charge in [-0.05, 0) is 38.8 Å². The SMILES string of the molecule is COc1ccc(NC(=O)C2CCN(c3cc(C)nc4cc(-c5ccc(C)cc5)nn34)CC2)cc1OC. The number of hydrogen-bond acceptors (Lipinski definition) is 6. The lowest BCUT2D eigenvalue weighted by molar-refractivity contribution is -0.120. The molecule has 0 spiro atoms. The molecule has 0 aliphatic carbocycles. The minimum absolute atomic E-state index is 0.0265. The van der Waals surface area contributed by atoms with Crippen LogP contribution in [0.25, 0.3) is 16.9 Å². The van der Waals surface area contributed by atoms with Gasteiger partial charge in [0.05, 0.1) is 19.9 Å². The van der Waals surface area contributed by atoms with E-state index in [1.807, 2.05) is 23.6 Å². The summed E-state index contributed by atoms with van der Waals surface area (Å²) in [5, 5.41) is 7.92. The maximum atomic E-state index is 13.0. The van der Waals surface area contributed by atoms with Gasteiger partial charge in [-0.25, -0.2) is 4.98 Å². The van der Waals surface area contributed by atoms with Crippen molar-refractivity contribution in [3.8, 4) is 22.8 Å². The van der Waals surface area contributed by atoms with Gasteiger partial charge < -0.3 is 19.7 Å². The number of benzene rings is 2. The fraction of sp³-hybridized carbons (Fsp3) is 0.321. The molecule has 4 aromatic rings. The number of amides is 1. The molecule has 1 aliphatic heterocycles. The van der Waals surface area contributed by atoms with Crippen LogP contribution in [0.1, 0.15) is 24.1 Å². The van der Waals surface area contributed by atoms with Crippen LogP contribution in [0.3, 0.4) is 0 Å². The van der Waals surface area contributed by atoms with Crippen LogP contribution in [0, 0.1) is 19.8 Å². The number of aromatic nitrogens is 3. The van der Waals surface area contributed by atoms with E-state index in [-0.39, 0.29) is 11.8 Å². The molecule has 8 heteroatoms. The van der Waals surface area contributed by atoms with Gasteiger partial charge >= 0.3 is 0 Å². The number of fused-ring (bicyclic) bond motifs is 1. The number of aryl methyl sites for hydroxylation is 2. The molecule has 0 unspecified atom stereocenters. The summed E-state index contributed by atoms with van der Waals surface area (Å²) >= 11 is 0. The number of rotatable bonds is 6. The Morgan fingerprint density at radius 1 is 0.944 bits per heavy atom. The molecule has 1 N–H and O–H groups in total. The summed E-state index contributed by atoms with van der Waals surface area (Å²) in [5.74, 6) is 2.19. The number of ether oxygens (including phenoxy) is 2. The van der Waals surface area contributed by atoms with E-state index in [9.17, 15) is 4.79 Å². The third-order valence-corrected chi connectivity index (χ3v) is 6.72. The fourth-order valence-electron chi connectivity index (χ4n) is 4.70. The predicted octanol–water partition coefficient (Wildman–Crippen LogP) is 4.89. The van der Waals surface area contributed by atoms with Crippen molar-refractivity contribution in [2.75, 3.05) is 37.5 Å². The molecule has 0 saturated carbocycles. The van der Waals surface area contributed by atoms with Crippen molar-refractivity contribution in [3.63, 3.8) is 0 Å². The number of hydrogen-bond donors (Lipinski definition) is 1. The maximum absolute atomic E-state index is 13.0. The number of anilines is 2. The molecule has 5 rings (SSSR count). The summed E-state index contributed by atoms with van der Waals surface area (Å²) in [6.45, 7) is 5.62. The quantitative estimate of drug-likeness (QED) is 0.419. The van der Waals surface area contributed by atoms with Crippen molar-refractivity contribution < 1.29 is 14.3 Å². The molecule has 1 fully saturated rings. The zero-order valence-electron chi connectivity index (χ0n) is 21.1. The van der Waals surface area contributed by atoms with Crippen LogP contribution in [-0.4, -0.2) is 47.8 Å². The van der Waals surface area contributed by atoms with Gasteiger partial charge in [-0.2, -0.15) is 9.61 Å². The minimum Gasteiger partial charge on any atom is -0.493 e. The summed E-state index contributed by atoms with van der Waals surface area (Å²) in [7, 11) is 3.18. The van der Waals surface area contributed by atoms with Crippen LogP contribution in [0.2, 0.25) is 0 Å². The molecule has 2 aromatic heterocycles. The Morgan fingerprint density at radius 3 is 2.36 bits per heavy atom. The first-order valence-electron chi connectivity index (χ1n) is 12.2. The minimum atomic E-state index is -0.0616. The smallest absolute Gasteiger partial charge is 0.227 e. The molecule has 186 valence electrons. The third kappa shape index (κ3) is 4.71. The summed E-state index contributed by atoms with van der Waals surface area (Å²) in [5.41, 5.74) is 5.66. The molecule has 0 atom stereocenters. The van der Waals surface area contributed by atoms with Crippen LogP contribution < -0.4 is 19.7 Å². The van der Waals surface area contributed by atoms with Gasteiger partial charge in [0, 0.05) is 54.2 Å². The van der Waals surface area contributed by atoms with Gasteiger partial charge in [-0.1, -0.05) is 29.8 Å². The second kappa shape index (κ2) is 9.89. The van der Waals surface area contributed by atoms with Crippen molar-refractivity contribution in [2.24, 2.45) is 5.92 Å². The van der Waals surface area contributed by atoms with Crippen molar-refractivity contribution in [3.05, 3.63) is 65.9 Å². The van der Waals surface area contributed by atoms with Gasteiger partial charge in [-0.3, -0.25) is 4.79 Å². The molecule has 36 heavy (non-hydrogen) atoms. The normalized spacial score (nSPS) is 14.2. The Hall–Kier alpha value is -4.07. The van der Waals surface area contributed by atoms with Crippen LogP contribution in [-0.2, 0) is 4.79 Å². The summed E-state index contributed by atoms with van der Waals surface area (Å²) < 4.78 is 12.6. The zero-order chi connectivity index (χ0) is 25.2. The molecular weight excluding hydrogens is 454 g/mol. The first kappa shape index (κ1) is 23.7. The standard InChI is InChI=1S/C28H31N5O3/c1-18-5-7-20(8-6-18)23-17-26-29-19(2)15-27(33(26)31-23)32-13-11-21(12-14-32)28(34)30-22-9-10-24(35-3)25(16-22)36-4/h5-10,15-17,21H,11-14H2,1-4H3,(H,30,34). The molecule has 1 amide bonds. The Balaban J connectivity index is 1.30. The molecule has 3 heterocycles. The maximum Gasteiger partial charge on any atom is 0.227 e. The van der Waals surface area contributed by atoms with Crippen molar-refractivity contribution in [2.45, 2.75) is 26.7 Å². The topological polar surface area (TPSA) is 81.0 Å². The summed E-state index contributed by atoms with van der Waals surface area (Å²) in [6.07, 6.45) is 1.52. The Bertz CT molecular complexity index is 1390. The average Bonchev–Trinajstić information content (AvgIpc) is 3.32. The van der Waals surface area contributed by atoms with E-state index in [0.29, 0.717) is 17.2 Å². The molecule has 0 bridgehead atoms. The van der Waals surface area contributed by atoms with E-state index in [4.69, 9.17) is 19.6 Å². The highest BCUT2D eigenvalue weighted by Crippen LogP contribution is 2.31. The average molecular weight is 486 g/mol. The van der Waals surface area contributed by atoms with Gasteiger partial charge in [-0.15, -0.1) is 0 Å². The number of carbonyl (C=O) groups is 1. The Kier molecular flexibility index (Phi) is 6.50. The Labute approximate surface area is 210 Å². The molecule has 1 saturated heterocycles. The number of piperidine rings is 1. The third-order valence-electron chi connectivity index (χ3n) is 6.72. The molecule has 2 aromatic carbocycles. The van der Waals surface area contributed by atoms with E-state index in [1.54, 1.807) is 26.4 Å². The monoisotopic (exact) mass is 485 g/mol. The second-order valence-electron chi connectivity index (χ2n) is 9.24. The first-order valence-corrected chi connectivity index (χ1v) is 12.2. The van der Waals surface area contributed by atoms with E-state index in [0.717, 1.165) is 54.3 Å². The largest absolute Gasteiger partial charge is 0.493 e. The van der Waals surface area contributed by atoms with Gasteiger partial charge in [0.15, 0.2) is 17.1 Å². The molecule has 0 radical (unpaired) electrons. The Morgan fingerprint density at radius 2 is 1.67 bits per heavy atom. The van der Waals surface area contributed by atoms with Crippen LogP contribution in [0.15, 0.2) is 54.6 Å². The predicted molar refractivity (Wildman–Crippen MR) is 141 cm³/mol. The fourth-order valence-corrected chi connectivity index (χ4v) is 4.70. The number of carbonyl (C=O) groups excluding carboxylic acids is 1. The molecular formula is C28H31N5O3. The highest BCUT2D eigenvalue weighted by Gasteiger charge is 2.27. The van der Waals surface area contributed by atoms with E-state index >= 15 is 0 Å². The lowest BCUT2D eigenvalue weighted by Crippen LogP contribution is -2.39. The van der Waals surface area contributed by atoms with E-state index in [2.05, 4.69) is 47.5 Å². The van der Waals surface area contributed by atoms with Gasteiger partial charge in [0.25, 0.3) is 0 Å². The lowest BCUT2D eigenvalue weighted by atomic mass is 9.95. The zero-order valence-corrected chi connectivity index (χ0v) is 21.1. The van der Waals surface area contributed by atoms with E-state index in [1.165, 1.54) is 5.56 Å². The van der Waals surface area contributed by atoms with Gasteiger partial charge in [0.1, 0.15) is 5.82 Å². The van der Waals surface area contributed by atoms with Gasteiger partial charge in [0.2, 0.25) is 5.91 Å². The van der Waals surface area contributed by atoms with Crippen LogP contribution in [0.4, 0.5) is 11.5 Å². The van der Waals surface area contributed by atoms with Crippen molar-refractivity contribution in [1.29, 1.82) is 0 Å². The van der Waals surface area contributed by atoms with Crippen LogP contribution >= 0.6 is 0 Å². The van der Waals surface area contributed by atoms with Crippen molar-refractivity contribution in [1.82, 2.24) is 14.6 Å². The number of methoxy groups -OCH3 is 2. The highest BCUT2D eigenvalue weighted by molar-refractivity contribution is 5.93. The second-order valence-corrected chi connectivity index (χ2v) is 9.24. The van der Waals surface area contributed by atoms with Crippen LogP contribution in [0.5, 0.6) is 11.5 Å². The molecule has 8 nitrogen and oxygen atoms in total. The number of nitrogens with one attached hydrogen (secondary N) is 1.